The van der Waals surface area contributed by atoms with Gasteiger partial charge in [0.05, 0.1) is 0 Å². The number of para-hydroxylation sites is 1. The zero-order chi connectivity index (χ0) is 15.6. The number of hydrogen-bond acceptors (Lipinski definition) is 2. The third-order valence-corrected chi connectivity index (χ3v) is 3.61. The molecule has 0 aliphatic rings. The van der Waals surface area contributed by atoms with Crippen molar-refractivity contribution < 1.29 is 4.79 Å². The average Bonchev–Trinajstić information content (AvgIpc) is 2.54. The van der Waals surface area contributed by atoms with Crippen LogP contribution in [-0.4, -0.2) is 19.0 Å². The standard InChI is InChI=1S/C19H24N2O/c1-16-8-5-6-12-18(16)21-19(22)13-15-20-14-7-11-17-9-3-2-4-10-17/h2-6,8-10,12,20H,7,11,13-15H2,1H3,(H,21,22). The van der Waals surface area contributed by atoms with E-state index in [0.717, 1.165) is 30.6 Å². The lowest BCUT2D eigenvalue weighted by Crippen LogP contribution is -2.23. The van der Waals surface area contributed by atoms with Gasteiger partial charge in [0, 0.05) is 18.7 Å². The van der Waals surface area contributed by atoms with Crippen LogP contribution in [0.2, 0.25) is 0 Å². The fourth-order valence-electron chi connectivity index (χ4n) is 2.31. The van der Waals surface area contributed by atoms with Gasteiger partial charge in [-0.25, -0.2) is 0 Å². The van der Waals surface area contributed by atoms with Crippen molar-refractivity contribution in [3.05, 3.63) is 65.7 Å². The van der Waals surface area contributed by atoms with Crippen LogP contribution in [0, 0.1) is 6.92 Å². The van der Waals surface area contributed by atoms with Gasteiger partial charge in [0.15, 0.2) is 0 Å². The van der Waals surface area contributed by atoms with Gasteiger partial charge in [0.1, 0.15) is 0 Å². The third kappa shape index (κ3) is 5.70. The molecule has 1 amide bonds. The number of benzene rings is 2. The zero-order valence-corrected chi connectivity index (χ0v) is 13.1. The van der Waals surface area contributed by atoms with Gasteiger partial charge in [0.2, 0.25) is 5.91 Å². The first-order valence-electron chi connectivity index (χ1n) is 7.86. The molecule has 0 heterocycles. The molecule has 2 aromatic carbocycles. The van der Waals surface area contributed by atoms with E-state index in [1.807, 2.05) is 37.3 Å². The van der Waals surface area contributed by atoms with Crippen LogP contribution in [0.5, 0.6) is 0 Å². The van der Waals surface area contributed by atoms with Crippen molar-refractivity contribution in [2.45, 2.75) is 26.2 Å². The zero-order valence-electron chi connectivity index (χ0n) is 13.1. The maximum atomic E-state index is 11.9. The summed E-state index contributed by atoms with van der Waals surface area (Å²) in [5, 5.41) is 6.27. The Labute approximate surface area is 132 Å². The molecule has 3 heteroatoms. The molecule has 0 spiro atoms. The van der Waals surface area contributed by atoms with E-state index < -0.39 is 0 Å². The second kappa shape index (κ2) is 9.00. The molecule has 22 heavy (non-hydrogen) atoms. The van der Waals surface area contributed by atoms with Gasteiger partial charge in [0.25, 0.3) is 0 Å². The summed E-state index contributed by atoms with van der Waals surface area (Å²) in [5.74, 6) is 0.0601. The first kappa shape index (κ1) is 16.2. The lowest BCUT2D eigenvalue weighted by atomic mass is 10.1. The van der Waals surface area contributed by atoms with E-state index in [4.69, 9.17) is 0 Å². The van der Waals surface area contributed by atoms with Gasteiger partial charge in [-0.1, -0.05) is 48.5 Å². The van der Waals surface area contributed by atoms with Crippen LogP contribution >= 0.6 is 0 Å². The highest BCUT2D eigenvalue weighted by Crippen LogP contribution is 2.13. The third-order valence-electron chi connectivity index (χ3n) is 3.61. The Hall–Kier alpha value is -2.13. The van der Waals surface area contributed by atoms with Crippen LogP contribution in [0.15, 0.2) is 54.6 Å². The fraction of sp³-hybridized carbons (Fsp3) is 0.316. The van der Waals surface area contributed by atoms with E-state index in [-0.39, 0.29) is 5.91 Å². The molecule has 0 saturated carbocycles. The van der Waals surface area contributed by atoms with Gasteiger partial charge in [-0.15, -0.1) is 0 Å². The van der Waals surface area contributed by atoms with Crippen molar-refractivity contribution in [3.8, 4) is 0 Å². The summed E-state index contributed by atoms with van der Waals surface area (Å²) in [6.07, 6.45) is 2.66. The molecule has 0 fully saturated rings. The van der Waals surface area contributed by atoms with Crippen molar-refractivity contribution >= 4 is 11.6 Å². The molecule has 0 radical (unpaired) electrons. The summed E-state index contributed by atoms with van der Waals surface area (Å²) in [4.78, 5) is 11.9. The molecule has 3 nitrogen and oxygen atoms in total. The Morgan fingerprint density at radius 2 is 1.68 bits per heavy atom. The van der Waals surface area contributed by atoms with Crippen molar-refractivity contribution in [1.29, 1.82) is 0 Å². The summed E-state index contributed by atoms with van der Waals surface area (Å²) < 4.78 is 0. The monoisotopic (exact) mass is 296 g/mol. The summed E-state index contributed by atoms with van der Waals surface area (Å²) in [6, 6.07) is 18.3. The number of nitrogens with one attached hydrogen (secondary N) is 2. The highest BCUT2D eigenvalue weighted by molar-refractivity contribution is 5.91. The Bertz CT molecular complexity index is 581. The quantitative estimate of drug-likeness (QED) is 0.732. The molecule has 0 unspecified atom stereocenters. The SMILES string of the molecule is Cc1ccccc1NC(=O)CCNCCCc1ccccc1. The van der Waals surface area contributed by atoms with Crippen LogP contribution in [0.1, 0.15) is 24.0 Å². The van der Waals surface area contributed by atoms with Gasteiger partial charge >= 0.3 is 0 Å². The van der Waals surface area contributed by atoms with Crippen LogP contribution in [0.4, 0.5) is 5.69 Å². The number of carbonyl (C=O) groups excluding carboxylic acids is 1. The second-order valence-electron chi connectivity index (χ2n) is 5.45. The molecule has 0 bridgehead atoms. The molecule has 0 atom stereocenters. The molecule has 0 aliphatic heterocycles. The van der Waals surface area contributed by atoms with E-state index in [1.54, 1.807) is 0 Å². The molecule has 2 N–H and O–H groups in total. The van der Waals surface area contributed by atoms with Crippen molar-refractivity contribution in [1.82, 2.24) is 5.32 Å². The number of anilines is 1. The first-order valence-corrected chi connectivity index (χ1v) is 7.86. The first-order chi connectivity index (χ1) is 10.8. The van der Waals surface area contributed by atoms with Crippen LogP contribution in [-0.2, 0) is 11.2 Å². The van der Waals surface area contributed by atoms with E-state index in [1.165, 1.54) is 5.56 Å². The Morgan fingerprint density at radius 1 is 0.955 bits per heavy atom. The molecular weight excluding hydrogens is 272 g/mol. The van der Waals surface area contributed by atoms with E-state index in [2.05, 4.69) is 34.9 Å². The Kier molecular flexibility index (Phi) is 6.65. The van der Waals surface area contributed by atoms with E-state index >= 15 is 0 Å². The second-order valence-corrected chi connectivity index (χ2v) is 5.45. The summed E-state index contributed by atoms with van der Waals surface area (Å²) in [7, 11) is 0. The largest absolute Gasteiger partial charge is 0.326 e. The predicted octanol–water partition coefficient (Wildman–Crippen LogP) is 3.55. The van der Waals surface area contributed by atoms with Crippen LogP contribution in [0.25, 0.3) is 0 Å². The number of hydrogen-bond donors (Lipinski definition) is 2. The predicted molar refractivity (Wildman–Crippen MR) is 92.1 cm³/mol. The molecule has 0 aliphatic carbocycles. The van der Waals surface area contributed by atoms with E-state index in [9.17, 15) is 4.79 Å². The van der Waals surface area contributed by atoms with Gasteiger partial charge in [-0.2, -0.15) is 0 Å². The van der Waals surface area contributed by atoms with Gasteiger partial charge in [-0.05, 0) is 43.5 Å². The highest BCUT2D eigenvalue weighted by Gasteiger charge is 2.03. The number of rotatable bonds is 8. The minimum Gasteiger partial charge on any atom is -0.326 e. The maximum Gasteiger partial charge on any atom is 0.225 e. The molecule has 2 aromatic rings. The molecular formula is C19H24N2O. The number of carbonyl (C=O) groups is 1. The van der Waals surface area contributed by atoms with Crippen molar-refractivity contribution in [2.75, 3.05) is 18.4 Å². The summed E-state index contributed by atoms with van der Waals surface area (Å²) >= 11 is 0. The summed E-state index contributed by atoms with van der Waals surface area (Å²) in [6.45, 7) is 3.65. The van der Waals surface area contributed by atoms with Gasteiger partial charge < -0.3 is 10.6 Å². The normalized spacial score (nSPS) is 10.4. The lowest BCUT2D eigenvalue weighted by molar-refractivity contribution is -0.116. The fourth-order valence-corrected chi connectivity index (χ4v) is 2.31. The average molecular weight is 296 g/mol. The molecule has 2 rings (SSSR count). The lowest BCUT2D eigenvalue weighted by Gasteiger charge is -2.08. The van der Waals surface area contributed by atoms with Crippen LogP contribution < -0.4 is 10.6 Å². The van der Waals surface area contributed by atoms with E-state index in [0.29, 0.717) is 13.0 Å². The number of aryl methyl sites for hydroxylation is 2. The highest BCUT2D eigenvalue weighted by atomic mass is 16.1. The molecule has 0 aromatic heterocycles. The van der Waals surface area contributed by atoms with Crippen LogP contribution in [0.3, 0.4) is 0 Å². The molecule has 0 saturated heterocycles. The Balaban J connectivity index is 1.57. The van der Waals surface area contributed by atoms with Gasteiger partial charge in [-0.3, -0.25) is 4.79 Å². The Morgan fingerprint density at radius 3 is 2.45 bits per heavy atom. The van der Waals surface area contributed by atoms with Crippen molar-refractivity contribution in [3.63, 3.8) is 0 Å². The van der Waals surface area contributed by atoms with Crippen molar-refractivity contribution in [2.24, 2.45) is 0 Å². The smallest absolute Gasteiger partial charge is 0.225 e. The topological polar surface area (TPSA) is 41.1 Å². The number of amides is 1. The molecule has 116 valence electrons. The maximum absolute atomic E-state index is 11.9. The minimum atomic E-state index is 0.0601. The summed E-state index contributed by atoms with van der Waals surface area (Å²) in [5.41, 5.74) is 3.35. The minimum absolute atomic E-state index is 0.0601.